The molecule has 0 saturated carbocycles. The molecule has 0 spiro atoms. The minimum atomic E-state index is -0.416. The van der Waals surface area contributed by atoms with E-state index in [0.29, 0.717) is 0 Å². The van der Waals surface area contributed by atoms with E-state index in [1.165, 1.54) is 0 Å². The summed E-state index contributed by atoms with van der Waals surface area (Å²) in [5.74, 6) is -0.0534. The first-order chi connectivity index (χ1) is 8.75. The smallest absolute Gasteiger partial charge is 0.358 e. The summed E-state index contributed by atoms with van der Waals surface area (Å²) in [6, 6.07) is 9.59. The molecule has 5 heteroatoms. The monoisotopic (exact) mass is 239 g/mol. The van der Waals surface area contributed by atoms with E-state index in [0.717, 1.165) is 40.5 Å². The molecule has 18 heavy (non-hydrogen) atoms. The third-order valence-corrected chi connectivity index (χ3v) is 3.57. The molecule has 3 heterocycles. The van der Waals surface area contributed by atoms with Gasteiger partial charge in [-0.05, 0) is 16.0 Å². The van der Waals surface area contributed by atoms with Gasteiger partial charge in [0.2, 0.25) is 0 Å². The van der Waals surface area contributed by atoms with Crippen molar-refractivity contribution in [3.63, 3.8) is 0 Å². The van der Waals surface area contributed by atoms with E-state index in [1.807, 2.05) is 18.2 Å². The molecular formula is C13H9N3O2. The average molecular weight is 239 g/mol. The molecule has 0 aliphatic carbocycles. The summed E-state index contributed by atoms with van der Waals surface area (Å²) in [6.07, 6.45) is 0.776. The van der Waals surface area contributed by atoms with Crippen LogP contribution in [0.1, 0.15) is 5.69 Å². The quantitative estimate of drug-likeness (QED) is 0.484. The van der Waals surface area contributed by atoms with E-state index in [1.54, 1.807) is 6.07 Å². The van der Waals surface area contributed by atoms with Crippen molar-refractivity contribution < 1.29 is 4.92 Å². The second kappa shape index (κ2) is 3.07. The molecule has 3 aromatic rings. The van der Waals surface area contributed by atoms with E-state index < -0.39 is 4.92 Å². The molecule has 0 atom stereocenters. The van der Waals surface area contributed by atoms with Crippen molar-refractivity contribution in [3.05, 3.63) is 46.1 Å². The van der Waals surface area contributed by atoms with Crippen molar-refractivity contribution in [2.45, 2.75) is 13.0 Å². The van der Waals surface area contributed by atoms with Gasteiger partial charge in [0.05, 0.1) is 5.52 Å². The summed E-state index contributed by atoms with van der Waals surface area (Å²) in [5, 5.41) is 12.9. The van der Waals surface area contributed by atoms with Crippen LogP contribution in [-0.2, 0) is 13.0 Å². The van der Waals surface area contributed by atoms with Gasteiger partial charge in [-0.3, -0.25) is 0 Å². The van der Waals surface area contributed by atoms with Crippen LogP contribution in [0.4, 0.5) is 5.82 Å². The zero-order chi connectivity index (χ0) is 12.3. The maximum Gasteiger partial charge on any atom is 0.364 e. The van der Waals surface area contributed by atoms with Crippen molar-refractivity contribution >= 4 is 27.6 Å². The van der Waals surface area contributed by atoms with E-state index >= 15 is 0 Å². The predicted molar refractivity (Wildman–Crippen MR) is 67.6 cm³/mol. The van der Waals surface area contributed by atoms with Gasteiger partial charge < -0.3 is 14.7 Å². The van der Waals surface area contributed by atoms with Crippen LogP contribution in [0.3, 0.4) is 0 Å². The number of rotatable bonds is 1. The molecule has 0 radical (unpaired) electrons. The van der Waals surface area contributed by atoms with Crippen molar-refractivity contribution in [1.82, 2.24) is 9.55 Å². The molecule has 0 fully saturated rings. The van der Waals surface area contributed by atoms with Crippen LogP contribution in [0.2, 0.25) is 0 Å². The highest BCUT2D eigenvalue weighted by molar-refractivity contribution is 6.09. The number of nitrogens with zero attached hydrogens (tertiary/aromatic N) is 3. The first-order valence-electron chi connectivity index (χ1n) is 5.81. The van der Waals surface area contributed by atoms with E-state index in [9.17, 15) is 10.1 Å². The first kappa shape index (κ1) is 9.58. The van der Waals surface area contributed by atoms with Crippen LogP contribution in [0.15, 0.2) is 30.3 Å². The molecule has 1 aliphatic heterocycles. The van der Waals surface area contributed by atoms with Gasteiger partial charge in [0.25, 0.3) is 0 Å². The van der Waals surface area contributed by atoms with Crippen molar-refractivity contribution in [2.75, 3.05) is 0 Å². The summed E-state index contributed by atoms with van der Waals surface area (Å²) in [6.45, 7) is 0.855. The van der Waals surface area contributed by atoms with Crippen LogP contribution in [0.25, 0.3) is 21.8 Å². The first-order valence-corrected chi connectivity index (χ1v) is 5.81. The molecule has 0 unspecified atom stereocenters. The minimum Gasteiger partial charge on any atom is -0.358 e. The van der Waals surface area contributed by atoms with E-state index in [-0.39, 0.29) is 5.82 Å². The predicted octanol–water partition coefficient (Wildman–Crippen LogP) is 2.65. The fourth-order valence-electron chi connectivity index (χ4n) is 2.86. The van der Waals surface area contributed by atoms with Gasteiger partial charge in [-0.15, -0.1) is 0 Å². The molecule has 0 bridgehead atoms. The Hall–Kier alpha value is -2.43. The highest BCUT2D eigenvalue weighted by Crippen LogP contribution is 2.36. The fraction of sp³-hybridized carbons (Fsp3) is 0.154. The van der Waals surface area contributed by atoms with Crippen molar-refractivity contribution in [1.29, 1.82) is 0 Å². The Bertz CT molecular complexity index is 820. The Kier molecular flexibility index (Phi) is 1.63. The summed E-state index contributed by atoms with van der Waals surface area (Å²) in [7, 11) is 0. The highest BCUT2D eigenvalue weighted by Gasteiger charge is 2.26. The van der Waals surface area contributed by atoms with E-state index in [2.05, 4.69) is 15.6 Å². The molecular weight excluding hydrogens is 230 g/mol. The lowest BCUT2D eigenvalue weighted by Crippen LogP contribution is -1.95. The number of aryl methyl sites for hydroxylation is 2. The van der Waals surface area contributed by atoms with Gasteiger partial charge in [0.15, 0.2) is 5.69 Å². The number of pyridine rings is 1. The molecule has 0 amide bonds. The lowest BCUT2D eigenvalue weighted by atomic mass is 10.1. The Labute approximate surface area is 102 Å². The molecule has 5 nitrogen and oxygen atoms in total. The zero-order valence-electron chi connectivity index (χ0n) is 9.46. The van der Waals surface area contributed by atoms with Gasteiger partial charge in [-0.2, -0.15) is 0 Å². The highest BCUT2D eigenvalue weighted by atomic mass is 16.6. The second-order valence-corrected chi connectivity index (χ2v) is 4.50. The van der Waals surface area contributed by atoms with Gasteiger partial charge in [-0.25, -0.2) is 0 Å². The summed E-state index contributed by atoms with van der Waals surface area (Å²) < 4.78 is 2.21. The standard InChI is InChI=1S/C13H9N3O2/c17-16(18)12-7-9-8-3-1-2-4-11(8)15-6-5-10(14-12)13(9)15/h1-4,7H,5-6H2. The lowest BCUT2D eigenvalue weighted by Gasteiger charge is -1.97. The number of hydrogen-bond donors (Lipinski definition) is 0. The Morgan fingerprint density at radius 2 is 2.11 bits per heavy atom. The third kappa shape index (κ3) is 1.03. The molecule has 1 aliphatic rings. The van der Waals surface area contributed by atoms with Crippen LogP contribution in [0, 0.1) is 10.1 Å². The largest absolute Gasteiger partial charge is 0.364 e. The summed E-state index contributed by atoms with van der Waals surface area (Å²) in [5.41, 5.74) is 3.03. The second-order valence-electron chi connectivity index (χ2n) is 4.50. The van der Waals surface area contributed by atoms with Crippen molar-refractivity contribution in [3.8, 4) is 0 Å². The number of fused-ring (bicyclic) bond motifs is 3. The van der Waals surface area contributed by atoms with Crippen molar-refractivity contribution in [2.24, 2.45) is 0 Å². The number of para-hydroxylation sites is 1. The summed E-state index contributed by atoms with van der Waals surface area (Å²) >= 11 is 0. The van der Waals surface area contributed by atoms with Gasteiger partial charge in [-0.1, -0.05) is 18.2 Å². The number of nitro groups is 1. The van der Waals surface area contributed by atoms with Gasteiger partial charge in [0, 0.05) is 35.3 Å². The zero-order valence-corrected chi connectivity index (χ0v) is 9.46. The Morgan fingerprint density at radius 3 is 2.94 bits per heavy atom. The fourth-order valence-corrected chi connectivity index (χ4v) is 2.86. The van der Waals surface area contributed by atoms with Crippen LogP contribution < -0.4 is 0 Å². The van der Waals surface area contributed by atoms with Crippen LogP contribution in [0.5, 0.6) is 0 Å². The van der Waals surface area contributed by atoms with Crippen LogP contribution in [-0.4, -0.2) is 14.5 Å². The maximum atomic E-state index is 10.9. The summed E-state index contributed by atoms with van der Waals surface area (Å²) in [4.78, 5) is 14.7. The Morgan fingerprint density at radius 1 is 1.28 bits per heavy atom. The molecule has 0 saturated heterocycles. The molecule has 4 rings (SSSR count). The molecule has 1 aromatic carbocycles. The molecule has 0 N–H and O–H groups in total. The normalized spacial score (nSPS) is 13.6. The number of hydrogen-bond acceptors (Lipinski definition) is 3. The number of aromatic nitrogens is 2. The van der Waals surface area contributed by atoms with Gasteiger partial charge >= 0.3 is 5.82 Å². The molecule has 88 valence electrons. The van der Waals surface area contributed by atoms with Crippen LogP contribution >= 0.6 is 0 Å². The number of benzene rings is 1. The minimum absolute atomic E-state index is 0.0534. The average Bonchev–Trinajstić information content (AvgIpc) is 2.94. The van der Waals surface area contributed by atoms with E-state index in [4.69, 9.17) is 0 Å². The lowest BCUT2D eigenvalue weighted by molar-refractivity contribution is -0.389. The topological polar surface area (TPSA) is 61.0 Å². The SMILES string of the molecule is O=[N+]([O-])c1cc2c3ccccc3n3c2c(n1)CC3. The maximum absolute atomic E-state index is 10.9. The third-order valence-electron chi connectivity index (χ3n) is 3.57. The van der Waals surface area contributed by atoms with Gasteiger partial charge in [0.1, 0.15) is 0 Å². The molecule has 2 aromatic heterocycles. The Balaban J connectivity index is 2.26.